The summed E-state index contributed by atoms with van der Waals surface area (Å²) < 4.78 is 98.3. The van der Waals surface area contributed by atoms with Crippen molar-refractivity contribution in [2.75, 3.05) is 32.6 Å². The summed E-state index contributed by atoms with van der Waals surface area (Å²) in [5.41, 5.74) is -1.56. The molecule has 4 unspecified atom stereocenters. The predicted molar refractivity (Wildman–Crippen MR) is 216 cm³/mol. The van der Waals surface area contributed by atoms with Crippen LogP contribution in [0, 0.1) is 50.6 Å². The molecule has 2 aliphatic heterocycles. The zero-order valence-corrected chi connectivity index (χ0v) is 35.1. The molecule has 0 radical (unpaired) electrons. The first kappa shape index (κ1) is 47.2. The number of ketones is 1. The maximum absolute atomic E-state index is 17.5. The van der Waals surface area contributed by atoms with Crippen LogP contribution in [0.5, 0.6) is 0 Å². The number of carbonyl (C=O) groups is 1. The summed E-state index contributed by atoms with van der Waals surface area (Å²) in [4.78, 5) is 13.2. The number of hydrogen-bond donors (Lipinski definition) is 2. The number of ether oxygens (including phenoxy) is 1. The molecule has 57 heavy (non-hydrogen) atoms. The summed E-state index contributed by atoms with van der Waals surface area (Å²) in [6.45, 7) is 16.8. The van der Waals surface area contributed by atoms with E-state index in [9.17, 15) is 14.4 Å². The Hall–Kier alpha value is -4.22. The van der Waals surface area contributed by atoms with Gasteiger partial charge in [0.25, 0.3) is 0 Å². The maximum Gasteiger partial charge on any atom is 0.417 e. The lowest BCUT2D eigenvalue weighted by molar-refractivity contribution is -0.138. The van der Waals surface area contributed by atoms with E-state index in [1.165, 1.54) is 13.0 Å². The van der Waals surface area contributed by atoms with Crippen LogP contribution >= 0.6 is 11.8 Å². The number of alkyl halides is 4. The molecular formula is C43H55F6N5O2S. The molecule has 312 valence electrons. The molecule has 1 fully saturated rings. The molecular weight excluding hydrogens is 765 g/mol. The van der Waals surface area contributed by atoms with E-state index in [1.807, 2.05) is 30.6 Å². The Labute approximate surface area is 336 Å². The highest BCUT2D eigenvalue weighted by Crippen LogP contribution is 2.35. The van der Waals surface area contributed by atoms with Crippen LogP contribution < -0.4 is 15.8 Å². The minimum absolute atomic E-state index is 0.0185. The zero-order chi connectivity index (χ0) is 42.9. The van der Waals surface area contributed by atoms with E-state index < -0.39 is 34.8 Å². The Kier molecular flexibility index (Phi) is 16.9. The lowest BCUT2D eigenvalue weighted by atomic mass is 9.92. The second-order valence-electron chi connectivity index (χ2n) is 15.0. The van der Waals surface area contributed by atoms with Gasteiger partial charge in [-0.15, -0.1) is 0 Å². The molecule has 0 amide bonds. The third kappa shape index (κ3) is 11.5. The highest BCUT2D eigenvalue weighted by Gasteiger charge is 2.36. The number of nitrogens with one attached hydrogen (secondary N) is 2. The molecule has 0 aliphatic carbocycles. The van der Waals surface area contributed by atoms with Gasteiger partial charge in [-0.25, -0.2) is 13.2 Å². The SMILES string of the molecule is C=CC(C)=O.CC/C=C(/Nc1c(F)/c(=c2/ccc(F)c3c2=C(C#N)C(=N)S3)c(C(F)(F)F)c/c1=C(/C)N(C)C(CCC(C)CC)C(C)C)OCC1CC(F)CN1C. The first-order valence-corrected chi connectivity index (χ1v) is 20.0. The van der Waals surface area contributed by atoms with Crippen molar-refractivity contribution in [1.82, 2.24) is 9.80 Å². The highest BCUT2D eigenvalue weighted by atomic mass is 32.2. The number of anilines is 1. The first-order valence-electron chi connectivity index (χ1n) is 19.2. The van der Waals surface area contributed by atoms with Gasteiger partial charge >= 0.3 is 6.18 Å². The van der Waals surface area contributed by atoms with Gasteiger partial charge in [0, 0.05) is 47.0 Å². The second-order valence-corrected chi connectivity index (χ2v) is 16.0. The van der Waals surface area contributed by atoms with Gasteiger partial charge in [-0.3, -0.25) is 15.1 Å². The van der Waals surface area contributed by atoms with Gasteiger partial charge in [-0.1, -0.05) is 65.4 Å². The van der Waals surface area contributed by atoms with E-state index in [0.29, 0.717) is 29.8 Å². The van der Waals surface area contributed by atoms with Crippen LogP contribution in [0.25, 0.3) is 11.3 Å². The van der Waals surface area contributed by atoms with E-state index in [4.69, 9.17) is 10.1 Å². The van der Waals surface area contributed by atoms with E-state index in [0.717, 1.165) is 37.5 Å². The number of likely N-dealkylation sites (tertiary alicyclic amines) is 1. The quantitative estimate of drug-likeness (QED) is 0.112. The molecule has 1 saturated heterocycles. The van der Waals surface area contributed by atoms with E-state index in [-0.39, 0.29) is 86.1 Å². The fraction of sp³-hybridized carbons (Fsp3) is 0.512. The molecule has 7 nitrogen and oxygen atoms in total. The second kappa shape index (κ2) is 20.5. The normalized spacial score (nSPS) is 19.3. The summed E-state index contributed by atoms with van der Waals surface area (Å²) >= 11 is 0.603. The van der Waals surface area contributed by atoms with Gasteiger partial charge in [-0.05, 0) is 87.9 Å². The van der Waals surface area contributed by atoms with E-state index in [2.05, 4.69) is 25.7 Å². The highest BCUT2D eigenvalue weighted by molar-refractivity contribution is 8.15. The van der Waals surface area contributed by atoms with Crippen molar-refractivity contribution < 1.29 is 35.9 Å². The predicted octanol–water partition coefficient (Wildman–Crippen LogP) is 9.42. The average molecular weight is 820 g/mol. The van der Waals surface area contributed by atoms with E-state index >= 15 is 22.0 Å². The molecule has 2 heterocycles. The number of carbonyl (C=O) groups excluding carboxylic acids is 1. The van der Waals surface area contributed by atoms with Crippen LogP contribution in [0.15, 0.2) is 47.7 Å². The fourth-order valence-corrected chi connectivity index (χ4v) is 7.88. The molecule has 4 rings (SSSR count). The van der Waals surface area contributed by atoms with Gasteiger partial charge in [0.15, 0.2) is 17.5 Å². The lowest BCUT2D eigenvalue weighted by Crippen LogP contribution is -2.37. The fourth-order valence-electron chi connectivity index (χ4n) is 6.95. The van der Waals surface area contributed by atoms with E-state index in [1.54, 1.807) is 33.2 Å². The maximum atomic E-state index is 17.5. The number of nitrogens with zero attached hydrogens (tertiary/aromatic N) is 3. The lowest BCUT2D eigenvalue weighted by Gasteiger charge is -2.35. The summed E-state index contributed by atoms with van der Waals surface area (Å²) in [6, 6.07) is 4.30. The summed E-state index contributed by atoms with van der Waals surface area (Å²) in [6.07, 6.45) is 0.138. The Morgan fingerprint density at radius 3 is 2.35 bits per heavy atom. The Morgan fingerprint density at radius 2 is 1.84 bits per heavy atom. The van der Waals surface area contributed by atoms with Gasteiger partial charge in [-0.2, -0.15) is 18.4 Å². The number of benzene rings is 2. The van der Waals surface area contributed by atoms with Gasteiger partial charge < -0.3 is 15.0 Å². The number of rotatable bonds is 14. The standard InChI is InChI=1S/C39H49F6N5OS.C4H6O/c1-9-11-32(51-20-25-16-24(40)19-49(25)7)48-36-27(23(6)50(8)31(21(3)4)15-12-22(5)10-2)17-29(39(43,44)45)34(35(36)42)26-13-14-30(41)37-33(26)28(18-46)38(47)52-37;1-3-4(2)5/h11,13-14,17,21-22,24-25,31,47-48H,9-10,12,15-16,19-20H2,1-8H3;3H,1H2,2H3/b27-23+,32-11-,34-26-,47-38?;. The number of fused-ring (bicyclic) bond motifs is 1. The molecule has 0 aromatic heterocycles. The number of nitriles is 1. The van der Waals surface area contributed by atoms with Crippen LogP contribution in [0.1, 0.15) is 86.1 Å². The zero-order valence-electron chi connectivity index (χ0n) is 34.3. The molecule has 2 N–H and O–H groups in total. The van der Waals surface area contributed by atoms with Crippen molar-refractivity contribution in [1.29, 1.82) is 10.7 Å². The number of allylic oxidation sites excluding steroid dienone is 2. The molecule has 4 atom stereocenters. The van der Waals surface area contributed by atoms with Gasteiger partial charge in [0.05, 0.1) is 21.7 Å². The van der Waals surface area contributed by atoms with Crippen LogP contribution in [-0.2, 0) is 15.7 Å². The first-order chi connectivity index (χ1) is 26.7. The van der Waals surface area contributed by atoms with Crippen LogP contribution in [0.4, 0.5) is 32.0 Å². The van der Waals surface area contributed by atoms with Crippen molar-refractivity contribution in [2.45, 2.75) is 110 Å². The number of thioether (sulfide) groups is 1. The monoisotopic (exact) mass is 819 g/mol. The number of likely N-dealkylation sites (N-methyl/N-ethyl adjacent to an activating group) is 1. The minimum atomic E-state index is -5.07. The van der Waals surface area contributed by atoms with Crippen molar-refractivity contribution in [2.24, 2.45) is 11.8 Å². The molecule has 0 bridgehead atoms. The minimum Gasteiger partial charge on any atom is -0.478 e. The summed E-state index contributed by atoms with van der Waals surface area (Å²) in [5, 5.41) is 19.2. The number of halogens is 6. The molecule has 2 aliphatic rings. The largest absolute Gasteiger partial charge is 0.478 e. The topological polar surface area (TPSA) is 92.5 Å². The molecule has 0 saturated carbocycles. The molecule has 2 aromatic carbocycles. The Bertz CT molecular complexity index is 2110. The van der Waals surface area contributed by atoms with Gasteiger partial charge in [0.2, 0.25) is 0 Å². The molecule has 2 aromatic rings. The smallest absolute Gasteiger partial charge is 0.417 e. The van der Waals surface area contributed by atoms with Crippen LogP contribution in [0.3, 0.4) is 0 Å². The third-order valence-corrected chi connectivity index (χ3v) is 11.6. The van der Waals surface area contributed by atoms with Crippen molar-refractivity contribution in [3.63, 3.8) is 0 Å². The Balaban J connectivity index is 0.00000163. The van der Waals surface area contributed by atoms with Crippen LogP contribution in [0.2, 0.25) is 0 Å². The van der Waals surface area contributed by atoms with Crippen molar-refractivity contribution >= 4 is 39.5 Å². The van der Waals surface area contributed by atoms with Crippen molar-refractivity contribution in [3.05, 3.63) is 80.9 Å². The Morgan fingerprint density at radius 1 is 1.19 bits per heavy atom. The number of hydrogen-bond acceptors (Lipinski definition) is 8. The summed E-state index contributed by atoms with van der Waals surface area (Å²) in [5.74, 6) is -1.45. The summed E-state index contributed by atoms with van der Waals surface area (Å²) in [7, 11) is 3.57. The van der Waals surface area contributed by atoms with Crippen molar-refractivity contribution in [3.8, 4) is 6.07 Å². The third-order valence-electron chi connectivity index (χ3n) is 10.6. The van der Waals surface area contributed by atoms with Crippen LogP contribution in [-0.4, -0.2) is 66.1 Å². The molecule has 14 heteroatoms. The van der Waals surface area contributed by atoms with Gasteiger partial charge in [0.1, 0.15) is 29.7 Å². The molecule has 0 spiro atoms. The average Bonchev–Trinajstić information content (AvgIpc) is 3.67.